The highest BCUT2D eigenvalue weighted by Gasteiger charge is 2.32. The van der Waals surface area contributed by atoms with Gasteiger partial charge in [-0.25, -0.2) is 0 Å². The van der Waals surface area contributed by atoms with E-state index in [1.54, 1.807) is 6.92 Å². The Kier molecular flexibility index (Phi) is 21.1. The number of carbonyl (C=O) groups is 2. The number of carboxylic acid groups (broad SMARTS) is 1. The van der Waals surface area contributed by atoms with Gasteiger partial charge in [-0.05, 0) is 19.8 Å². The Hall–Kier alpha value is -1.36. The van der Waals surface area contributed by atoms with Gasteiger partial charge < -0.3 is 20.1 Å². The highest BCUT2D eigenvalue weighted by molar-refractivity contribution is 5.95. The molecule has 1 amide bonds. The number of rotatable bonds is 18. The zero-order chi connectivity index (χ0) is 24.1. The first kappa shape index (κ1) is 31.8. The van der Waals surface area contributed by atoms with E-state index in [4.69, 9.17) is 0 Å². The minimum absolute atomic E-state index is 0.325. The lowest BCUT2D eigenvalue weighted by Crippen LogP contribution is -3.02. The summed E-state index contributed by atoms with van der Waals surface area (Å²) in [5.41, 5.74) is -0.935. The smallest absolute Gasteiger partial charge is 0.247 e. The van der Waals surface area contributed by atoms with Crippen LogP contribution >= 0.6 is 0 Å². The first-order chi connectivity index (χ1) is 14.6. The molecule has 0 radical (unpaired) electrons. The van der Waals surface area contributed by atoms with Gasteiger partial charge in [-0.15, -0.1) is 0 Å². The number of unbranched alkanes of at least 4 members (excludes halogenated alkanes) is 11. The molecule has 184 valence electrons. The Morgan fingerprint density at radius 1 is 0.774 bits per heavy atom. The number of hydrogen-bond donors (Lipinski definition) is 2. The molecule has 1 atom stereocenters. The third-order valence-corrected chi connectivity index (χ3v) is 5.27. The summed E-state index contributed by atoms with van der Waals surface area (Å²) in [6.45, 7) is 9.35. The maximum Gasteiger partial charge on any atom is 0.247 e. The molecule has 1 unspecified atom stereocenters. The van der Waals surface area contributed by atoms with E-state index in [1.807, 2.05) is 6.92 Å². The van der Waals surface area contributed by atoms with E-state index in [9.17, 15) is 14.7 Å². The van der Waals surface area contributed by atoms with Crippen molar-refractivity contribution in [3.05, 3.63) is 12.2 Å². The molecule has 0 saturated carbocycles. The number of quaternary nitrogens is 1. The normalized spacial score (nSPS) is 12.6. The molecular formula is C26H52N2O3. The molecule has 0 heterocycles. The Balaban J connectivity index is 0. The first-order valence-electron chi connectivity index (χ1n) is 12.6. The van der Waals surface area contributed by atoms with Gasteiger partial charge in [0.15, 0.2) is 0 Å². The maximum atomic E-state index is 12.0. The minimum Gasteiger partial charge on any atom is -0.548 e. The van der Waals surface area contributed by atoms with E-state index < -0.39 is 17.4 Å². The van der Waals surface area contributed by atoms with E-state index in [0.29, 0.717) is 24.8 Å². The average Bonchev–Trinajstić information content (AvgIpc) is 2.68. The van der Waals surface area contributed by atoms with Crippen molar-refractivity contribution < 1.29 is 19.6 Å². The highest BCUT2D eigenvalue weighted by atomic mass is 16.4. The molecule has 0 saturated heterocycles. The molecule has 0 spiro atoms. The van der Waals surface area contributed by atoms with E-state index in [2.05, 4.69) is 40.0 Å². The first-order valence-corrected chi connectivity index (χ1v) is 12.6. The van der Waals surface area contributed by atoms with E-state index in [1.165, 1.54) is 62.7 Å². The summed E-state index contributed by atoms with van der Waals surface area (Å²) in [4.78, 5) is 25.1. The van der Waals surface area contributed by atoms with Crippen molar-refractivity contribution in [2.45, 2.75) is 123 Å². The molecule has 0 aromatic carbocycles. The summed E-state index contributed by atoms with van der Waals surface area (Å²) >= 11 is 0. The third kappa shape index (κ3) is 19.1. The quantitative estimate of drug-likeness (QED) is 0.251. The topological polar surface area (TPSA) is 73.7 Å². The van der Waals surface area contributed by atoms with Gasteiger partial charge >= 0.3 is 0 Å². The van der Waals surface area contributed by atoms with Crippen LogP contribution in [0.1, 0.15) is 117 Å². The fourth-order valence-corrected chi connectivity index (χ4v) is 3.52. The van der Waals surface area contributed by atoms with Gasteiger partial charge in [0.1, 0.15) is 0 Å². The molecule has 31 heavy (non-hydrogen) atoms. The molecule has 0 aliphatic carbocycles. The van der Waals surface area contributed by atoms with E-state index in [0.717, 1.165) is 19.3 Å². The zero-order valence-corrected chi connectivity index (χ0v) is 21.5. The van der Waals surface area contributed by atoms with E-state index in [-0.39, 0.29) is 0 Å². The fraction of sp³-hybridized carbons (Fsp3) is 0.846. The second-order valence-electron chi connectivity index (χ2n) is 9.49. The molecule has 5 nitrogen and oxygen atoms in total. The predicted molar refractivity (Wildman–Crippen MR) is 130 cm³/mol. The van der Waals surface area contributed by atoms with Crippen LogP contribution in [0.5, 0.6) is 0 Å². The van der Waals surface area contributed by atoms with Crippen LogP contribution in [0.25, 0.3) is 0 Å². The number of nitrogens with one attached hydrogen (secondary N) is 2. The lowest BCUT2D eigenvalue weighted by molar-refractivity contribution is -0.836. The van der Waals surface area contributed by atoms with E-state index >= 15 is 0 Å². The number of amides is 1. The lowest BCUT2D eigenvalue weighted by atomic mass is 9.87. The Labute approximate surface area is 193 Å². The summed E-state index contributed by atoms with van der Waals surface area (Å²) in [6, 6.07) is 0. The minimum atomic E-state index is -1.26. The molecule has 0 fully saturated rings. The molecule has 0 rings (SSSR count). The maximum absolute atomic E-state index is 12.0. The van der Waals surface area contributed by atoms with Crippen LogP contribution in [-0.4, -0.2) is 38.6 Å². The lowest BCUT2D eigenvalue weighted by Gasteiger charge is -2.36. The molecule has 0 aliphatic heterocycles. The monoisotopic (exact) mass is 440 g/mol. The Morgan fingerprint density at radius 2 is 1.16 bits per heavy atom. The van der Waals surface area contributed by atoms with Crippen LogP contribution in [0.2, 0.25) is 0 Å². The second kappa shape index (κ2) is 20.5. The Morgan fingerprint density at radius 3 is 1.48 bits per heavy atom. The van der Waals surface area contributed by atoms with Gasteiger partial charge in [0.2, 0.25) is 5.91 Å². The van der Waals surface area contributed by atoms with Crippen LogP contribution in [0, 0.1) is 0 Å². The van der Waals surface area contributed by atoms with Crippen molar-refractivity contribution in [3.8, 4) is 0 Å². The molecule has 0 aromatic rings. The van der Waals surface area contributed by atoms with Crippen molar-refractivity contribution in [2.75, 3.05) is 21.1 Å². The van der Waals surface area contributed by atoms with Gasteiger partial charge in [-0.3, -0.25) is 4.79 Å². The number of hydrogen-bond acceptors (Lipinski definition) is 3. The van der Waals surface area contributed by atoms with Crippen molar-refractivity contribution in [1.82, 2.24) is 5.32 Å². The number of carbonyl (C=O) groups excluding carboxylic acids is 2. The van der Waals surface area contributed by atoms with Crippen molar-refractivity contribution in [2.24, 2.45) is 0 Å². The highest BCUT2D eigenvalue weighted by Crippen LogP contribution is 2.22. The van der Waals surface area contributed by atoms with Crippen LogP contribution in [0.15, 0.2) is 12.2 Å². The van der Waals surface area contributed by atoms with Crippen molar-refractivity contribution >= 4 is 11.9 Å². The molecule has 5 heteroatoms. The Bertz CT molecular complexity index is 475. The van der Waals surface area contributed by atoms with Crippen LogP contribution in [0.4, 0.5) is 0 Å². The summed E-state index contributed by atoms with van der Waals surface area (Å²) < 4.78 is 0. The predicted octanol–water partition coefficient (Wildman–Crippen LogP) is 3.82. The number of aliphatic carboxylic acids is 1. The van der Waals surface area contributed by atoms with Crippen LogP contribution in [0.3, 0.4) is 0 Å². The SMILES string of the molecule is C=C(C)C(=O)NC(CCC)(CCCCCCCCCCCCCC)C(=O)[O-].C[NH+](C)C. The molecule has 0 bridgehead atoms. The fourth-order valence-electron chi connectivity index (χ4n) is 3.52. The standard InChI is InChI=1S/C23H43NO3.C3H9N/c1-5-7-8-9-10-11-12-13-14-15-16-17-19-23(18-6-2,22(26)27)24-21(25)20(3)4;1-4(2)3/h3,5-19H2,1-2,4H3,(H,24,25)(H,26,27);1-3H3. The van der Waals surface area contributed by atoms with Gasteiger partial charge in [0.05, 0.1) is 32.7 Å². The van der Waals surface area contributed by atoms with Crippen molar-refractivity contribution in [1.29, 1.82) is 0 Å². The van der Waals surface area contributed by atoms with Gasteiger partial charge in [0.25, 0.3) is 0 Å². The largest absolute Gasteiger partial charge is 0.548 e. The molecule has 2 N–H and O–H groups in total. The van der Waals surface area contributed by atoms with Gasteiger partial charge in [-0.2, -0.15) is 0 Å². The summed E-state index contributed by atoms with van der Waals surface area (Å²) in [5, 5.41) is 14.4. The van der Waals surface area contributed by atoms with Gasteiger partial charge in [-0.1, -0.05) is 104 Å². The summed E-state index contributed by atoms with van der Waals surface area (Å²) in [6.07, 6.45) is 16.3. The average molecular weight is 441 g/mol. The van der Waals surface area contributed by atoms with Crippen LogP contribution in [-0.2, 0) is 9.59 Å². The molecule has 0 aromatic heterocycles. The summed E-state index contributed by atoms with van der Waals surface area (Å²) in [5.74, 6) is -1.58. The van der Waals surface area contributed by atoms with Gasteiger partial charge in [0, 0.05) is 5.57 Å². The molecular weight excluding hydrogens is 388 g/mol. The third-order valence-electron chi connectivity index (χ3n) is 5.27. The van der Waals surface area contributed by atoms with Crippen LogP contribution < -0.4 is 15.3 Å². The zero-order valence-electron chi connectivity index (χ0n) is 21.5. The summed E-state index contributed by atoms with van der Waals surface area (Å²) in [7, 11) is 6.25. The molecule has 0 aliphatic rings. The number of carboxylic acids is 1. The second-order valence-corrected chi connectivity index (χ2v) is 9.49. The van der Waals surface area contributed by atoms with Crippen molar-refractivity contribution in [3.63, 3.8) is 0 Å².